The number of carbonyl (C=O) groups excluding carboxylic acids is 2. The van der Waals surface area contributed by atoms with Crippen LogP contribution in [0.1, 0.15) is 43.5 Å². The summed E-state index contributed by atoms with van der Waals surface area (Å²) in [6.07, 6.45) is 4.02. The first-order chi connectivity index (χ1) is 9.54. The summed E-state index contributed by atoms with van der Waals surface area (Å²) < 4.78 is 0. The molecule has 1 aliphatic rings. The number of amides is 2. The van der Waals surface area contributed by atoms with Crippen molar-refractivity contribution < 1.29 is 9.59 Å². The molecule has 20 heavy (non-hydrogen) atoms. The third-order valence-electron chi connectivity index (χ3n) is 3.89. The van der Waals surface area contributed by atoms with Crippen LogP contribution < -0.4 is 5.32 Å². The fourth-order valence-electron chi connectivity index (χ4n) is 2.51. The SMILES string of the molecule is CCc1cnc(CN2CC(=O)NC(CC)(CC)C2=O)s1. The van der Waals surface area contributed by atoms with Crippen LogP contribution >= 0.6 is 11.3 Å². The summed E-state index contributed by atoms with van der Waals surface area (Å²) in [7, 11) is 0. The first kappa shape index (κ1) is 15.0. The van der Waals surface area contributed by atoms with Crippen molar-refractivity contribution in [2.45, 2.75) is 52.1 Å². The van der Waals surface area contributed by atoms with Gasteiger partial charge in [0.15, 0.2) is 0 Å². The maximum absolute atomic E-state index is 12.6. The summed E-state index contributed by atoms with van der Waals surface area (Å²) in [6, 6.07) is 0. The summed E-state index contributed by atoms with van der Waals surface area (Å²) in [6.45, 7) is 6.50. The zero-order valence-electron chi connectivity index (χ0n) is 12.2. The molecule has 1 aromatic heterocycles. The highest BCUT2D eigenvalue weighted by Crippen LogP contribution is 2.24. The molecule has 1 aliphatic heterocycles. The van der Waals surface area contributed by atoms with E-state index in [2.05, 4.69) is 17.2 Å². The smallest absolute Gasteiger partial charge is 0.249 e. The number of carbonyl (C=O) groups is 2. The fraction of sp³-hybridized carbons (Fsp3) is 0.643. The van der Waals surface area contributed by atoms with E-state index in [4.69, 9.17) is 0 Å². The van der Waals surface area contributed by atoms with Gasteiger partial charge in [-0.3, -0.25) is 9.59 Å². The van der Waals surface area contributed by atoms with E-state index in [1.807, 2.05) is 20.0 Å². The molecule has 0 saturated carbocycles. The van der Waals surface area contributed by atoms with Crippen molar-refractivity contribution in [3.05, 3.63) is 16.1 Å². The minimum atomic E-state index is -0.736. The van der Waals surface area contributed by atoms with Gasteiger partial charge in [0.1, 0.15) is 17.1 Å². The number of hydrogen-bond donors (Lipinski definition) is 1. The molecule has 0 aliphatic carbocycles. The Hall–Kier alpha value is -1.43. The first-order valence-corrected chi connectivity index (χ1v) is 7.90. The van der Waals surface area contributed by atoms with E-state index in [1.54, 1.807) is 16.2 Å². The number of aromatic nitrogens is 1. The van der Waals surface area contributed by atoms with Gasteiger partial charge >= 0.3 is 0 Å². The van der Waals surface area contributed by atoms with Gasteiger partial charge in [-0.2, -0.15) is 0 Å². The average molecular weight is 295 g/mol. The molecule has 0 radical (unpaired) electrons. The Morgan fingerprint density at radius 2 is 2.05 bits per heavy atom. The highest BCUT2D eigenvalue weighted by Gasteiger charge is 2.44. The van der Waals surface area contributed by atoms with E-state index in [0.29, 0.717) is 19.4 Å². The maximum atomic E-state index is 12.6. The van der Waals surface area contributed by atoms with Gasteiger partial charge in [-0.05, 0) is 19.3 Å². The van der Waals surface area contributed by atoms with Gasteiger partial charge in [0.25, 0.3) is 0 Å². The molecule has 0 unspecified atom stereocenters. The number of aryl methyl sites for hydroxylation is 1. The molecule has 5 nitrogen and oxygen atoms in total. The third kappa shape index (κ3) is 2.70. The lowest BCUT2D eigenvalue weighted by Gasteiger charge is -2.40. The first-order valence-electron chi connectivity index (χ1n) is 7.08. The number of thiazole rings is 1. The van der Waals surface area contributed by atoms with Crippen molar-refractivity contribution >= 4 is 23.2 Å². The lowest BCUT2D eigenvalue weighted by atomic mass is 9.89. The van der Waals surface area contributed by atoms with Crippen molar-refractivity contribution in [1.29, 1.82) is 0 Å². The molecule has 0 bridgehead atoms. The van der Waals surface area contributed by atoms with E-state index >= 15 is 0 Å². The summed E-state index contributed by atoms with van der Waals surface area (Å²) in [5.41, 5.74) is -0.736. The van der Waals surface area contributed by atoms with Crippen LogP contribution in [0.5, 0.6) is 0 Å². The van der Waals surface area contributed by atoms with Crippen molar-refractivity contribution in [2.24, 2.45) is 0 Å². The van der Waals surface area contributed by atoms with Crippen LogP contribution in [0.3, 0.4) is 0 Å². The molecule has 1 fully saturated rings. The molecule has 1 saturated heterocycles. The monoisotopic (exact) mass is 295 g/mol. The molecule has 0 spiro atoms. The van der Waals surface area contributed by atoms with Gasteiger partial charge in [0, 0.05) is 11.1 Å². The standard InChI is InChI=1S/C14H21N3O2S/c1-4-10-7-15-12(20-10)9-17-8-11(18)16-14(5-2,6-3)13(17)19/h7H,4-6,8-9H2,1-3H3,(H,16,18). The van der Waals surface area contributed by atoms with Crippen LogP contribution in [0.2, 0.25) is 0 Å². The minimum Gasteiger partial charge on any atom is -0.340 e. The zero-order valence-corrected chi connectivity index (χ0v) is 13.0. The van der Waals surface area contributed by atoms with Crippen molar-refractivity contribution in [3.8, 4) is 0 Å². The third-order valence-corrected chi connectivity index (χ3v) is 5.02. The summed E-state index contributed by atoms with van der Waals surface area (Å²) in [4.78, 5) is 31.7. The van der Waals surface area contributed by atoms with Crippen LogP contribution in [0.15, 0.2) is 6.20 Å². The fourth-order valence-corrected chi connectivity index (χ4v) is 3.39. The summed E-state index contributed by atoms with van der Waals surface area (Å²) in [5.74, 6) is -0.0732. The lowest BCUT2D eigenvalue weighted by Crippen LogP contribution is -2.65. The largest absolute Gasteiger partial charge is 0.340 e. The zero-order chi connectivity index (χ0) is 14.8. The lowest BCUT2D eigenvalue weighted by molar-refractivity contribution is -0.151. The van der Waals surface area contributed by atoms with Crippen molar-refractivity contribution in [3.63, 3.8) is 0 Å². The molecule has 2 amide bonds. The molecule has 1 aromatic rings. The molecule has 1 N–H and O–H groups in total. The number of rotatable bonds is 5. The Morgan fingerprint density at radius 3 is 2.60 bits per heavy atom. The summed E-state index contributed by atoms with van der Waals surface area (Å²) in [5, 5.41) is 3.76. The molecule has 6 heteroatoms. The van der Waals surface area contributed by atoms with Gasteiger partial charge in [-0.15, -0.1) is 11.3 Å². The van der Waals surface area contributed by atoms with Gasteiger partial charge in [-0.25, -0.2) is 4.98 Å². The van der Waals surface area contributed by atoms with Gasteiger partial charge in [-0.1, -0.05) is 20.8 Å². The van der Waals surface area contributed by atoms with E-state index in [0.717, 1.165) is 11.4 Å². The van der Waals surface area contributed by atoms with Crippen LogP contribution in [-0.2, 0) is 22.6 Å². The second-order valence-electron chi connectivity index (χ2n) is 5.07. The van der Waals surface area contributed by atoms with E-state index in [-0.39, 0.29) is 18.4 Å². The predicted octanol–water partition coefficient (Wildman–Crippen LogP) is 1.72. The Balaban J connectivity index is 2.18. The van der Waals surface area contributed by atoms with Crippen LogP contribution in [0.4, 0.5) is 0 Å². The maximum Gasteiger partial charge on any atom is 0.249 e. The Morgan fingerprint density at radius 1 is 1.35 bits per heavy atom. The highest BCUT2D eigenvalue weighted by molar-refractivity contribution is 7.11. The predicted molar refractivity (Wildman–Crippen MR) is 78.4 cm³/mol. The average Bonchev–Trinajstić information content (AvgIpc) is 2.90. The van der Waals surface area contributed by atoms with E-state index in [9.17, 15) is 9.59 Å². The van der Waals surface area contributed by atoms with Gasteiger partial charge in [0.2, 0.25) is 11.8 Å². The van der Waals surface area contributed by atoms with Crippen molar-refractivity contribution in [1.82, 2.24) is 15.2 Å². The molecule has 0 atom stereocenters. The topological polar surface area (TPSA) is 62.3 Å². The molecule has 0 aromatic carbocycles. The molecule has 110 valence electrons. The number of nitrogens with zero attached hydrogens (tertiary/aromatic N) is 2. The summed E-state index contributed by atoms with van der Waals surface area (Å²) >= 11 is 1.61. The highest BCUT2D eigenvalue weighted by atomic mass is 32.1. The van der Waals surface area contributed by atoms with Gasteiger partial charge < -0.3 is 10.2 Å². The second kappa shape index (κ2) is 5.91. The van der Waals surface area contributed by atoms with Crippen LogP contribution in [-0.4, -0.2) is 33.8 Å². The molecule has 2 heterocycles. The quantitative estimate of drug-likeness (QED) is 0.899. The number of piperazine rings is 1. The molecular weight excluding hydrogens is 274 g/mol. The number of hydrogen-bond acceptors (Lipinski definition) is 4. The van der Waals surface area contributed by atoms with E-state index in [1.165, 1.54) is 4.88 Å². The second-order valence-corrected chi connectivity index (χ2v) is 6.27. The van der Waals surface area contributed by atoms with Crippen molar-refractivity contribution in [2.75, 3.05) is 6.54 Å². The number of nitrogens with one attached hydrogen (secondary N) is 1. The van der Waals surface area contributed by atoms with E-state index < -0.39 is 5.54 Å². The normalized spacial score (nSPS) is 18.2. The Kier molecular flexibility index (Phi) is 4.42. The van der Waals surface area contributed by atoms with Gasteiger partial charge in [0.05, 0.1) is 6.54 Å². The Labute approximate surface area is 123 Å². The Bertz CT molecular complexity index is 508. The molecular formula is C14H21N3O2S. The van der Waals surface area contributed by atoms with Crippen LogP contribution in [0.25, 0.3) is 0 Å². The minimum absolute atomic E-state index is 0.00958. The molecule has 2 rings (SSSR count). The van der Waals surface area contributed by atoms with Crippen LogP contribution in [0, 0.1) is 0 Å².